The number of carbonyl (C=O) groups is 1. The van der Waals surface area contributed by atoms with Crippen molar-refractivity contribution in [3.05, 3.63) is 0 Å². The van der Waals surface area contributed by atoms with Crippen LogP contribution in [0.1, 0.15) is 13.3 Å². The minimum atomic E-state index is -0.141. The molecule has 4 heteroatoms. The van der Waals surface area contributed by atoms with Gasteiger partial charge in [0.2, 0.25) is 0 Å². The maximum atomic E-state index is 10.4. The van der Waals surface area contributed by atoms with E-state index < -0.39 is 0 Å². The molecular weight excluding hydrogens is 108 g/mol. The van der Waals surface area contributed by atoms with E-state index in [-0.39, 0.29) is 5.91 Å². The van der Waals surface area contributed by atoms with Gasteiger partial charge in [-0.2, -0.15) is 5.48 Å². The summed E-state index contributed by atoms with van der Waals surface area (Å²) >= 11 is 0. The minimum Gasteiger partial charge on any atom is -0.271 e. The van der Waals surface area contributed by atoms with E-state index in [0.717, 1.165) is 0 Å². The Labute approximate surface area is 46.5 Å². The third kappa shape index (κ3) is 0.959. The highest BCUT2D eigenvalue weighted by Crippen LogP contribution is 1.92. The zero-order chi connectivity index (χ0) is 5.98. The monoisotopic (exact) mass is 114 g/mol. The number of amides is 1. The lowest BCUT2D eigenvalue weighted by Gasteiger charge is -2.06. The predicted octanol–water partition coefficient (Wildman–Crippen LogP) is -0.186. The molecule has 0 bridgehead atoms. The first-order valence-corrected chi connectivity index (χ1v) is 2.27. The number of carbonyl (C=O) groups excluding carboxylic acids is 1. The standard InChI is InChI=1S/C4H6N2O2/c1-3-2-4(7)6-8-5-3/h2H2,1H3,(H,6,7). The Balaban J connectivity index is 2.57. The van der Waals surface area contributed by atoms with Crippen molar-refractivity contribution in [2.45, 2.75) is 13.3 Å². The molecule has 0 radical (unpaired) electrons. The lowest BCUT2D eigenvalue weighted by Crippen LogP contribution is -2.28. The van der Waals surface area contributed by atoms with E-state index in [1.807, 2.05) is 0 Å². The summed E-state index contributed by atoms with van der Waals surface area (Å²) < 4.78 is 0. The molecular formula is C4H6N2O2. The zero-order valence-corrected chi connectivity index (χ0v) is 4.47. The molecule has 1 aliphatic heterocycles. The van der Waals surface area contributed by atoms with Gasteiger partial charge in [-0.3, -0.25) is 9.73 Å². The molecule has 1 amide bonds. The van der Waals surface area contributed by atoms with Crippen LogP contribution in [0.25, 0.3) is 0 Å². The van der Waals surface area contributed by atoms with Crippen LogP contribution in [0.4, 0.5) is 0 Å². The molecule has 1 aliphatic rings. The van der Waals surface area contributed by atoms with Crippen LogP contribution in [0.15, 0.2) is 5.16 Å². The average molecular weight is 114 g/mol. The molecule has 0 aromatic rings. The first kappa shape index (κ1) is 5.08. The molecule has 0 aromatic heterocycles. The first-order chi connectivity index (χ1) is 3.79. The Kier molecular flexibility index (Phi) is 1.15. The van der Waals surface area contributed by atoms with E-state index in [1.54, 1.807) is 6.92 Å². The smallest absolute Gasteiger partial charge is 0.260 e. The molecule has 0 unspecified atom stereocenters. The number of hydrogen-bond acceptors (Lipinski definition) is 3. The lowest BCUT2D eigenvalue weighted by atomic mass is 10.3. The Bertz CT molecular complexity index is 141. The van der Waals surface area contributed by atoms with Crippen LogP contribution in [-0.2, 0) is 9.73 Å². The summed E-state index contributed by atoms with van der Waals surface area (Å²) in [7, 11) is 0. The van der Waals surface area contributed by atoms with Gasteiger partial charge in [0.1, 0.15) is 0 Å². The second-order valence-corrected chi connectivity index (χ2v) is 1.62. The molecule has 0 aromatic carbocycles. The van der Waals surface area contributed by atoms with Crippen molar-refractivity contribution in [2.24, 2.45) is 5.16 Å². The van der Waals surface area contributed by atoms with E-state index in [2.05, 4.69) is 15.6 Å². The maximum absolute atomic E-state index is 10.4. The highest BCUT2D eigenvalue weighted by atomic mass is 16.8. The fraction of sp³-hybridized carbons (Fsp3) is 0.500. The predicted molar refractivity (Wildman–Crippen MR) is 27.0 cm³/mol. The minimum absolute atomic E-state index is 0.141. The Morgan fingerprint density at radius 1 is 1.88 bits per heavy atom. The molecule has 0 atom stereocenters. The van der Waals surface area contributed by atoms with Gasteiger partial charge >= 0.3 is 0 Å². The number of oxime groups is 1. The highest BCUT2D eigenvalue weighted by Gasteiger charge is 2.08. The van der Waals surface area contributed by atoms with Crippen molar-refractivity contribution >= 4 is 11.6 Å². The summed E-state index contributed by atoms with van der Waals surface area (Å²) in [4.78, 5) is 14.6. The van der Waals surface area contributed by atoms with Gasteiger partial charge in [-0.15, -0.1) is 0 Å². The maximum Gasteiger partial charge on any atom is 0.260 e. The largest absolute Gasteiger partial charge is 0.271 e. The fourth-order valence-corrected chi connectivity index (χ4v) is 0.452. The molecule has 8 heavy (non-hydrogen) atoms. The van der Waals surface area contributed by atoms with Gasteiger partial charge in [-0.25, -0.2) is 0 Å². The zero-order valence-electron chi connectivity index (χ0n) is 4.47. The normalized spacial score (nSPS) is 18.6. The Morgan fingerprint density at radius 2 is 2.62 bits per heavy atom. The van der Waals surface area contributed by atoms with Gasteiger partial charge in [0.25, 0.3) is 5.91 Å². The fourth-order valence-electron chi connectivity index (χ4n) is 0.452. The van der Waals surface area contributed by atoms with Crippen molar-refractivity contribution < 1.29 is 9.73 Å². The summed E-state index contributed by atoms with van der Waals surface area (Å²) in [6.07, 6.45) is 0.347. The van der Waals surface area contributed by atoms with Gasteiger partial charge < -0.3 is 0 Å². The van der Waals surface area contributed by atoms with Crippen molar-refractivity contribution in [1.82, 2.24) is 5.48 Å². The number of nitrogens with one attached hydrogen (secondary N) is 1. The number of rotatable bonds is 0. The third-order valence-electron chi connectivity index (χ3n) is 0.777. The van der Waals surface area contributed by atoms with E-state index in [1.165, 1.54) is 0 Å². The summed E-state index contributed by atoms with van der Waals surface area (Å²) in [6.45, 7) is 1.73. The van der Waals surface area contributed by atoms with Crippen LogP contribution in [0.3, 0.4) is 0 Å². The van der Waals surface area contributed by atoms with Crippen molar-refractivity contribution in [1.29, 1.82) is 0 Å². The van der Waals surface area contributed by atoms with Crippen LogP contribution in [0.5, 0.6) is 0 Å². The SMILES string of the molecule is CC1=NONC(=O)C1. The van der Waals surface area contributed by atoms with Crippen LogP contribution >= 0.6 is 0 Å². The molecule has 0 saturated heterocycles. The van der Waals surface area contributed by atoms with Gasteiger partial charge in [0.05, 0.1) is 12.1 Å². The van der Waals surface area contributed by atoms with Crippen molar-refractivity contribution in [3.8, 4) is 0 Å². The summed E-state index contributed by atoms with van der Waals surface area (Å²) in [5.41, 5.74) is 2.79. The quantitative estimate of drug-likeness (QED) is 0.474. The summed E-state index contributed by atoms with van der Waals surface area (Å²) in [5.74, 6) is -0.141. The number of hydrogen-bond donors (Lipinski definition) is 1. The highest BCUT2D eigenvalue weighted by molar-refractivity contribution is 6.00. The second kappa shape index (κ2) is 1.81. The molecule has 0 fully saturated rings. The van der Waals surface area contributed by atoms with E-state index in [9.17, 15) is 4.79 Å². The van der Waals surface area contributed by atoms with Gasteiger partial charge in [-0.05, 0) is 6.92 Å². The van der Waals surface area contributed by atoms with Gasteiger partial charge in [0.15, 0.2) is 0 Å². The van der Waals surface area contributed by atoms with Crippen molar-refractivity contribution in [2.75, 3.05) is 0 Å². The molecule has 1 heterocycles. The van der Waals surface area contributed by atoms with Gasteiger partial charge in [-0.1, -0.05) is 5.16 Å². The number of nitrogens with zero attached hydrogens (tertiary/aromatic N) is 1. The molecule has 1 rings (SSSR count). The summed E-state index contributed by atoms with van der Waals surface area (Å²) in [5, 5.41) is 3.46. The first-order valence-electron chi connectivity index (χ1n) is 2.27. The molecule has 0 saturated carbocycles. The summed E-state index contributed by atoms with van der Waals surface area (Å²) in [6, 6.07) is 0. The lowest BCUT2D eigenvalue weighted by molar-refractivity contribution is -0.134. The third-order valence-corrected chi connectivity index (χ3v) is 0.777. The number of hydroxylamine groups is 1. The van der Waals surface area contributed by atoms with Crippen molar-refractivity contribution in [3.63, 3.8) is 0 Å². The molecule has 0 spiro atoms. The molecule has 4 nitrogen and oxygen atoms in total. The van der Waals surface area contributed by atoms with Crippen LogP contribution in [0, 0.1) is 0 Å². The Morgan fingerprint density at radius 3 is 3.00 bits per heavy atom. The average Bonchev–Trinajstić information content (AvgIpc) is 1.64. The topological polar surface area (TPSA) is 50.7 Å². The second-order valence-electron chi connectivity index (χ2n) is 1.62. The van der Waals surface area contributed by atoms with Gasteiger partial charge in [0, 0.05) is 0 Å². The Hall–Kier alpha value is -1.06. The van der Waals surface area contributed by atoms with Crippen LogP contribution < -0.4 is 5.48 Å². The molecule has 0 aliphatic carbocycles. The van der Waals surface area contributed by atoms with E-state index in [4.69, 9.17) is 0 Å². The van der Waals surface area contributed by atoms with E-state index >= 15 is 0 Å². The van der Waals surface area contributed by atoms with Crippen LogP contribution in [-0.4, -0.2) is 11.6 Å². The van der Waals surface area contributed by atoms with Crippen LogP contribution in [0.2, 0.25) is 0 Å². The molecule has 1 N–H and O–H groups in total. The van der Waals surface area contributed by atoms with E-state index in [0.29, 0.717) is 12.1 Å². The molecule has 44 valence electrons.